The van der Waals surface area contributed by atoms with Gasteiger partial charge < -0.3 is 5.11 Å². The van der Waals surface area contributed by atoms with Crippen LogP contribution in [0.3, 0.4) is 0 Å². The van der Waals surface area contributed by atoms with Gasteiger partial charge in [-0.15, -0.1) is 0 Å². The van der Waals surface area contributed by atoms with Gasteiger partial charge in [0.25, 0.3) is 5.91 Å². The molecule has 2 rings (SSSR count). The Kier molecular flexibility index (Phi) is 4.61. The summed E-state index contributed by atoms with van der Waals surface area (Å²) in [7, 11) is 0. The summed E-state index contributed by atoms with van der Waals surface area (Å²) in [4.78, 5) is 11.7. The lowest BCUT2D eigenvalue weighted by molar-refractivity contribution is 0.0955. The summed E-state index contributed by atoms with van der Waals surface area (Å²) < 4.78 is 0. The first-order valence-corrected chi connectivity index (χ1v) is 6.39. The highest BCUT2D eigenvalue weighted by molar-refractivity contribution is 6.42. The van der Waals surface area contributed by atoms with Gasteiger partial charge in [-0.25, -0.2) is 5.43 Å². The predicted molar refractivity (Wildman–Crippen MR) is 79.6 cm³/mol. The SMILES string of the molecule is O=C(N/N=C/c1ccc(Cl)c(Cl)c1)c1ccc(O)cc1. The Labute approximate surface area is 125 Å². The van der Waals surface area contributed by atoms with Gasteiger partial charge in [0.05, 0.1) is 16.3 Å². The van der Waals surface area contributed by atoms with Crippen LogP contribution >= 0.6 is 23.2 Å². The second kappa shape index (κ2) is 6.41. The lowest BCUT2D eigenvalue weighted by atomic mass is 10.2. The Hall–Kier alpha value is -2.04. The van der Waals surface area contributed by atoms with Gasteiger partial charge in [0.15, 0.2) is 0 Å². The molecule has 102 valence electrons. The molecule has 0 spiro atoms. The van der Waals surface area contributed by atoms with E-state index in [-0.39, 0.29) is 11.7 Å². The van der Waals surface area contributed by atoms with Crippen molar-refractivity contribution >= 4 is 35.3 Å². The molecule has 0 bridgehead atoms. The molecule has 2 N–H and O–H groups in total. The molecular formula is C14H10Cl2N2O2. The first-order valence-electron chi connectivity index (χ1n) is 5.64. The molecule has 0 unspecified atom stereocenters. The van der Waals surface area contributed by atoms with Crippen LogP contribution in [-0.4, -0.2) is 17.2 Å². The van der Waals surface area contributed by atoms with Gasteiger partial charge >= 0.3 is 0 Å². The molecule has 20 heavy (non-hydrogen) atoms. The number of nitrogens with zero attached hydrogens (tertiary/aromatic N) is 1. The van der Waals surface area contributed by atoms with Gasteiger partial charge in [0.2, 0.25) is 0 Å². The molecule has 0 saturated carbocycles. The highest BCUT2D eigenvalue weighted by Gasteiger charge is 2.03. The molecule has 2 aromatic carbocycles. The van der Waals surface area contributed by atoms with E-state index in [1.165, 1.54) is 30.5 Å². The summed E-state index contributed by atoms with van der Waals surface area (Å²) in [5, 5.41) is 13.8. The first kappa shape index (κ1) is 14.4. The Balaban J connectivity index is 2.00. The van der Waals surface area contributed by atoms with Crippen LogP contribution in [0.2, 0.25) is 10.0 Å². The number of carbonyl (C=O) groups excluding carboxylic acids is 1. The lowest BCUT2D eigenvalue weighted by Gasteiger charge is -2.00. The van der Waals surface area contributed by atoms with Gasteiger partial charge in [-0.2, -0.15) is 5.10 Å². The maximum absolute atomic E-state index is 11.7. The number of hydrazone groups is 1. The molecule has 0 radical (unpaired) electrons. The third-order valence-corrected chi connectivity index (χ3v) is 3.19. The van der Waals surface area contributed by atoms with Crippen molar-refractivity contribution in [2.45, 2.75) is 0 Å². The molecule has 2 aromatic rings. The molecule has 4 nitrogen and oxygen atoms in total. The van der Waals surface area contributed by atoms with E-state index < -0.39 is 0 Å². The van der Waals surface area contributed by atoms with E-state index >= 15 is 0 Å². The van der Waals surface area contributed by atoms with Crippen LogP contribution in [0.5, 0.6) is 5.75 Å². The molecule has 0 heterocycles. The van der Waals surface area contributed by atoms with Crippen molar-refractivity contribution in [3.63, 3.8) is 0 Å². The van der Waals surface area contributed by atoms with Crippen LogP contribution in [0.4, 0.5) is 0 Å². The normalized spacial score (nSPS) is 10.7. The second-order valence-electron chi connectivity index (χ2n) is 3.92. The number of phenolic OH excluding ortho intramolecular Hbond substituents is 1. The van der Waals surface area contributed by atoms with Crippen LogP contribution in [-0.2, 0) is 0 Å². The van der Waals surface area contributed by atoms with E-state index in [0.29, 0.717) is 21.2 Å². The van der Waals surface area contributed by atoms with Crippen molar-refractivity contribution in [2.24, 2.45) is 5.10 Å². The van der Waals surface area contributed by atoms with Crippen molar-refractivity contribution in [1.82, 2.24) is 5.43 Å². The molecule has 6 heteroatoms. The van der Waals surface area contributed by atoms with E-state index in [1.54, 1.807) is 18.2 Å². The summed E-state index contributed by atoms with van der Waals surface area (Å²) in [6, 6.07) is 10.9. The fraction of sp³-hybridized carbons (Fsp3) is 0. The fourth-order valence-electron chi connectivity index (χ4n) is 1.44. The maximum Gasteiger partial charge on any atom is 0.271 e. The zero-order valence-electron chi connectivity index (χ0n) is 10.2. The molecule has 0 aliphatic heterocycles. The molecule has 0 atom stereocenters. The number of nitrogens with one attached hydrogen (secondary N) is 1. The van der Waals surface area contributed by atoms with E-state index in [1.807, 2.05) is 0 Å². The van der Waals surface area contributed by atoms with Crippen LogP contribution in [0.15, 0.2) is 47.6 Å². The van der Waals surface area contributed by atoms with E-state index in [0.717, 1.165) is 0 Å². The fourth-order valence-corrected chi connectivity index (χ4v) is 1.74. The van der Waals surface area contributed by atoms with Crippen LogP contribution in [0.1, 0.15) is 15.9 Å². The zero-order valence-corrected chi connectivity index (χ0v) is 11.7. The van der Waals surface area contributed by atoms with Crippen molar-refractivity contribution in [1.29, 1.82) is 0 Å². The standard InChI is InChI=1S/C14H10Cl2N2O2/c15-12-6-1-9(7-13(12)16)8-17-18-14(20)10-2-4-11(19)5-3-10/h1-8,19H,(H,18,20)/b17-8+. The zero-order chi connectivity index (χ0) is 14.5. The highest BCUT2D eigenvalue weighted by Crippen LogP contribution is 2.21. The molecule has 0 fully saturated rings. The molecular weight excluding hydrogens is 299 g/mol. The van der Waals surface area contributed by atoms with Crippen molar-refractivity contribution < 1.29 is 9.90 Å². The summed E-state index contributed by atoms with van der Waals surface area (Å²) in [6.07, 6.45) is 1.46. The minimum atomic E-state index is -0.374. The third kappa shape index (κ3) is 3.73. The van der Waals surface area contributed by atoms with E-state index in [9.17, 15) is 4.79 Å². The number of hydrogen-bond donors (Lipinski definition) is 2. The van der Waals surface area contributed by atoms with Gasteiger partial charge in [-0.1, -0.05) is 29.3 Å². The summed E-state index contributed by atoms with van der Waals surface area (Å²) in [5.74, 6) is -0.276. The number of benzene rings is 2. The number of aromatic hydroxyl groups is 1. The second-order valence-corrected chi connectivity index (χ2v) is 4.73. The van der Waals surface area contributed by atoms with Crippen molar-refractivity contribution in [3.8, 4) is 5.75 Å². The Morgan fingerprint density at radius 1 is 1.10 bits per heavy atom. The van der Waals surface area contributed by atoms with Gasteiger partial charge in [0.1, 0.15) is 5.75 Å². The van der Waals surface area contributed by atoms with Crippen LogP contribution < -0.4 is 5.43 Å². The monoisotopic (exact) mass is 308 g/mol. The molecule has 0 aliphatic carbocycles. The van der Waals surface area contributed by atoms with Crippen molar-refractivity contribution in [2.75, 3.05) is 0 Å². The number of rotatable bonds is 3. The Bertz CT molecular complexity index is 655. The average Bonchev–Trinajstić information content (AvgIpc) is 2.43. The van der Waals surface area contributed by atoms with Gasteiger partial charge in [-0.3, -0.25) is 4.79 Å². The number of amides is 1. The Morgan fingerprint density at radius 3 is 2.45 bits per heavy atom. The highest BCUT2D eigenvalue weighted by atomic mass is 35.5. The van der Waals surface area contributed by atoms with Gasteiger partial charge in [0, 0.05) is 5.56 Å². The van der Waals surface area contributed by atoms with E-state index in [4.69, 9.17) is 28.3 Å². The minimum absolute atomic E-state index is 0.0980. The van der Waals surface area contributed by atoms with Crippen LogP contribution in [0, 0.1) is 0 Å². The largest absolute Gasteiger partial charge is 0.508 e. The maximum atomic E-state index is 11.7. The van der Waals surface area contributed by atoms with Crippen molar-refractivity contribution in [3.05, 3.63) is 63.6 Å². The number of phenols is 1. The average molecular weight is 309 g/mol. The lowest BCUT2D eigenvalue weighted by Crippen LogP contribution is -2.17. The molecule has 0 aromatic heterocycles. The smallest absolute Gasteiger partial charge is 0.271 e. The number of hydrogen-bond acceptors (Lipinski definition) is 3. The summed E-state index contributed by atoms with van der Waals surface area (Å²) in [5.41, 5.74) is 3.48. The predicted octanol–water partition coefficient (Wildman–Crippen LogP) is 3.46. The summed E-state index contributed by atoms with van der Waals surface area (Å²) in [6.45, 7) is 0. The van der Waals surface area contributed by atoms with E-state index in [2.05, 4.69) is 10.5 Å². The molecule has 1 amide bonds. The summed E-state index contributed by atoms with van der Waals surface area (Å²) >= 11 is 11.7. The first-order chi connectivity index (χ1) is 9.56. The molecule has 0 aliphatic rings. The third-order valence-electron chi connectivity index (χ3n) is 2.45. The number of halogens is 2. The quantitative estimate of drug-likeness (QED) is 0.674. The topological polar surface area (TPSA) is 61.7 Å². The molecule has 0 saturated heterocycles. The minimum Gasteiger partial charge on any atom is -0.508 e. The van der Waals surface area contributed by atoms with Crippen LogP contribution in [0.25, 0.3) is 0 Å². The van der Waals surface area contributed by atoms with Gasteiger partial charge in [-0.05, 0) is 42.0 Å². The Morgan fingerprint density at radius 2 is 1.80 bits per heavy atom. The number of carbonyl (C=O) groups is 1.